The Bertz CT molecular complexity index is 2130. The highest BCUT2D eigenvalue weighted by atomic mass is 79.9. The van der Waals surface area contributed by atoms with Gasteiger partial charge in [0.15, 0.2) is 0 Å². The maximum Gasteiger partial charge on any atom is 0.256 e. The number of aryl methyl sites for hydroxylation is 4. The summed E-state index contributed by atoms with van der Waals surface area (Å²) in [4.78, 5) is -1.37. The molecule has 0 saturated carbocycles. The average molecular weight is 882 g/mol. The molecule has 0 amide bonds. The average Bonchev–Trinajstić information content (AvgIpc) is 3.12. The molecule has 0 heterocycles. The van der Waals surface area contributed by atoms with E-state index in [4.69, 9.17) is 0 Å². The van der Waals surface area contributed by atoms with Crippen LogP contribution in [-0.2, 0) is 40.1 Å². The minimum Gasteiger partial charge on any atom is -0.206 e. The molecule has 0 radical (unpaired) electrons. The second-order valence-corrected chi connectivity index (χ2v) is 22.2. The first kappa shape index (κ1) is 43.8. The van der Waals surface area contributed by atoms with E-state index in [1.807, 2.05) is 0 Å². The van der Waals surface area contributed by atoms with Gasteiger partial charge in [-0.25, -0.2) is 33.7 Å². The minimum absolute atomic E-state index is 0.152. The zero-order valence-corrected chi connectivity index (χ0v) is 35.9. The number of benzene rings is 4. The van der Waals surface area contributed by atoms with Gasteiger partial charge in [0.2, 0.25) is 0 Å². The Morgan fingerprint density at radius 2 is 0.704 bits per heavy atom. The van der Waals surface area contributed by atoms with Crippen LogP contribution in [0.25, 0.3) is 0 Å². The summed E-state index contributed by atoms with van der Waals surface area (Å²) in [6, 6.07) is 20.8. The number of rotatable bonds is 20. The second-order valence-electron chi connectivity index (χ2n) is 13.6. The molecule has 0 saturated heterocycles. The van der Waals surface area contributed by atoms with Crippen molar-refractivity contribution in [2.75, 3.05) is 11.9 Å². The molecule has 4 rings (SSSR count). The normalized spacial score (nSPS) is 13.4. The van der Waals surface area contributed by atoms with Crippen LogP contribution >= 0.6 is 15.9 Å². The number of halogens is 1. The summed E-state index contributed by atoms with van der Waals surface area (Å²) in [6.45, 7) is 6.00. The van der Waals surface area contributed by atoms with Crippen LogP contribution in [0.5, 0.6) is 0 Å². The predicted octanol–water partition coefficient (Wildman–Crippen LogP) is 8.26. The fourth-order valence-electron chi connectivity index (χ4n) is 5.92. The van der Waals surface area contributed by atoms with Crippen molar-refractivity contribution in [1.29, 1.82) is 0 Å². The molecule has 294 valence electrons. The molecule has 0 fully saturated rings. The Morgan fingerprint density at radius 3 is 1.02 bits per heavy atom. The van der Waals surface area contributed by atoms with Gasteiger partial charge >= 0.3 is 0 Å². The second kappa shape index (κ2) is 18.8. The Labute approximate surface area is 331 Å². The first-order chi connectivity index (χ1) is 25.4. The highest BCUT2D eigenvalue weighted by Gasteiger charge is 2.46. The monoisotopic (exact) mass is 880 g/mol. The zero-order chi connectivity index (χ0) is 39.7. The lowest BCUT2D eigenvalue weighted by molar-refractivity contribution is 0.351. The highest BCUT2D eigenvalue weighted by molar-refractivity contribution is 9.09. The van der Waals surface area contributed by atoms with Crippen molar-refractivity contribution >= 4 is 56.0 Å². The van der Waals surface area contributed by atoms with Crippen LogP contribution in [0.15, 0.2) is 117 Å². The summed E-state index contributed by atoms with van der Waals surface area (Å²) in [6.07, 6.45) is 5.47. The summed E-state index contributed by atoms with van der Waals surface area (Å²) in [7, 11) is -19.7. The molecule has 4 aromatic rings. The van der Waals surface area contributed by atoms with Crippen molar-refractivity contribution in [2.24, 2.45) is 0 Å². The van der Waals surface area contributed by atoms with Crippen LogP contribution in [0.4, 0.5) is 0 Å². The fourth-order valence-corrected chi connectivity index (χ4v) is 14.1. The van der Waals surface area contributed by atoms with Gasteiger partial charge in [0, 0.05) is 11.9 Å². The summed E-state index contributed by atoms with van der Waals surface area (Å²) >= 11 is 3.44. The number of hydrogen-bond donors (Lipinski definition) is 0. The molecule has 0 spiro atoms. The molecular weight excluding hydrogens is 833 g/mol. The standard InChI is InChI=1S/C39H49BrN2O8S4/c1-31-13-21-36(22-14-31)51(43,44)41(52(45,46)37-23-15-32(2)16-24-37)30-35(12-10-8-6-5-7-9-11-29-40)42(53(47,48)38-25-17-33(3)18-26-38)54(49,50)39-27-19-34(4)20-28-39/h13-28,35H,5-12,29-30H2,1-4H3. The van der Waals surface area contributed by atoms with Gasteiger partial charge in [0.25, 0.3) is 40.1 Å². The first-order valence-electron chi connectivity index (χ1n) is 17.8. The summed E-state index contributed by atoms with van der Waals surface area (Å²) in [5.41, 5.74) is 2.92. The van der Waals surface area contributed by atoms with Gasteiger partial charge < -0.3 is 0 Å². The topological polar surface area (TPSA) is 143 Å². The lowest BCUT2D eigenvalue weighted by Gasteiger charge is -2.33. The van der Waals surface area contributed by atoms with Gasteiger partial charge in [-0.15, -0.1) is 0 Å². The SMILES string of the molecule is Cc1ccc(S(=O)(=O)N(CC(CCCCCCCCCBr)N(S(=O)(=O)c2ccc(C)cc2)S(=O)(=O)c2ccc(C)cc2)S(=O)(=O)c2ccc(C)cc2)cc1. The molecule has 0 aliphatic heterocycles. The molecule has 0 aliphatic rings. The molecule has 0 aromatic heterocycles. The van der Waals surface area contributed by atoms with E-state index in [9.17, 15) is 33.7 Å². The predicted molar refractivity (Wildman–Crippen MR) is 217 cm³/mol. The third-order valence-corrected chi connectivity index (χ3v) is 18.4. The van der Waals surface area contributed by atoms with E-state index in [0.717, 1.165) is 59.7 Å². The van der Waals surface area contributed by atoms with Crippen LogP contribution in [0.3, 0.4) is 0 Å². The lowest BCUT2D eigenvalue weighted by atomic mass is 10.1. The largest absolute Gasteiger partial charge is 0.256 e. The van der Waals surface area contributed by atoms with Crippen molar-refractivity contribution < 1.29 is 33.7 Å². The first-order valence-corrected chi connectivity index (χ1v) is 24.7. The van der Waals surface area contributed by atoms with Crippen LogP contribution in [0.2, 0.25) is 0 Å². The zero-order valence-electron chi connectivity index (χ0n) is 31.1. The van der Waals surface area contributed by atoms with Crippen LogP contribution in [-0.4, -0.2) is 59.0 Å². The molecule has 4 aromatic carbocycles. The van der Waals surface area contributed by atoms with E-state index in [-0.39, 0.29) is 29.7 Å². The third-order valence-electron chi connectivity index (χ3n) is 9.11. The van der Waals surface area contributed by atoms with Crippen molar-refractivity contribution in [1.82, 2.24) is 7.42 Å². The Balaban J connectivity index is 1.94. The quantitative estimate of drug-likeness (QED) is 0.0638. The Kier molecular flexibility index (Phi) is 15.3. The van der Waals surface area contributed by atoms with Crippen molar-refractivity contribution in [2.45, 2.75) is 105 Å². The van der Waals surface area contributed by atoms with E-state index in [1.165, 1.54) is 97.1 Å². The number of nitrogens with zero attached hydrogens (tertiary/aromatic N) is 2. The van der Waals surface area contributed by atoms with Gasteiger partial charge in [-0.2, -0.15) is 0 Å². The van der Waals surface area contributed by atoms with E-state index in [2.05, 4.69) is 15.9 Å². The number of hydrogen-bond acceptors (Lipinski definition) is 8. The van der Waals surface area contributed by atoms with Crippen LogP contribution in [0.1, 0.15) is 73.6 Å². The number of alkyl halides is 1. The molecule has 1 atom stereocenters. The van der Waals surface area contributed by atoms with Gasteiger partial charge in [-0.3, -0.25) is 0 Å². The lowest BCUT2D eigenvalue weighted by Crippen LogP contribution is -2.52. The van der Waals surface area contributed by atoms with E-state index >= 15 is 0 Å². The van der Waals surface area contributed by atoms with Crippen LogP contribution in [0, 0.1) is 27.7 Å². The summed E-state index contributed by atoms with van der Waals surface area (Å²) < 4.78 is 118. The molecular formula is C39H49BrN2O8S4. The molecule has 54 heavy (non-hydrogen) atoms. The summed E-state index contributed by atoms with van der Waals surface area (Å²) in [5, 5.41) is 0.906. The molecule has 0 bridgehead atoms. The highest BCUT2D eigenvalue weighted by Crippen LogP contribution is 2.33. The van der Waals surface area contributed by atoms with E-state index < -0.39 is 52.7 Å². The van der Waals surface area contributed by atoms with Gasteiger partial charge in [0.05, 0.1) is 25.6 Å². The fraction of sp³-hybridized carbons (Fsp3) is 0.385. The number of unbranched alkanes of at least 4 members (excludes halogenated alkanes) is 6. The molecule has 0 aliphatic carbocycles. The maximum atomic E-state index is 14.7. The smallest absolute Gasteiger partial charge is 0.206 e. The molecule has 0 N–H and O–H groups in total. The minimum atomic E-state index is -4.94. The molecule has 10 nitrogen and oxygen atoms in total. The van der Waals surface area contributed by atoms with Gasteiger partial charge in [-0.05, 0) is 89.1 Å². The van der Waals surface area contributed by atoms with E-state index in [1.54, 1.807) is 27.7 Å². The maximum absolute atomic E-state index is 14.7. The van der Waals surface area contributed by atoms with Gasteiger partial charge in [-0.1, -0.05) is 133 Å². The van der Waals surface area contributed by atoms with Crippen molar-refractivity contribution in [3.63, 3.8) is 0 Å². The van der Waals surface area contributed by atoms with E-state index in [0.29, 0.717) is 16.6 Å². The Morgan fingerprint density at radius 1 is 0.426 bits per heavy atom. The van der Waals surface area contributed by atoms with Crippen molar-refractivity contribution in [3.05, 3.63) is 119 Å². The Hall–Kier alpha value is -2.92. The molecule has 15 heteroatoms. The molecule has 1 unspecified atom stereocenters. The van der Waals surface area contributed by atoms with Crippen LogP contribution < -0.4 is 0 Å². The van der Waals surface area contributed by atoms with Gasteiger partial charge in [0.1, 0.15) is 0 Å². The van der Waals surface area contributed by atoms with Crippen molar-refractivity contribution in [3.8, 4) is 0 Å². The third kappa shape index (κ3) is 10.7. The number of sulfonamides is 4. The summed E-state index contributed by atoms with van der Waals surface area (Å²) in [5.74, 6) is 0.